The van der Waals surface area contributed by atoms with Gasteiger partial charge in [0.25, 0.3) is 0 Å². The Labute approximate surface area is 203 Å². The number of aromatic nitrogens is 3. The van der Waals surface area contributed by atoms with E-state index >= 15 is 0 Å². The molecule has 7 nitrogen and oxygen atoms in total. The average molecular weight is 479 g/mol. The molecule has 1 aromatic carbocycles. The highest BCUT2D eigenvalue weighted by molar-refractivity contribution is 7.22. The predicted octanol–water partition coefficient (Wildman–Crippen LogP) is 4.69. The summed E-state index contributed by atoms with van der Waals surface area (Å²) in [6.45, 7) is 2.30. The van der Waals surface area contributed by atoms with Crippen LogP contribution < -0.4 is 9.64 Å². The molecule has 1 atom stereocenters. The van der Waals surface area contributed by atoms with E-state index in [-0.39, 0.29) is 12.1 Å². The van der Waals surface area contributed by atoms with Crippen LogP contribution in [0.2, 0.25) is 0 Å². The average Bonchev–Trinajstić information content (AvgIpc) is 3.43. The molecule has 0 unspecified atom stereocenters. The van der Waals surface area contributed by atoms with E-state index in [0.29, 0.717) is 29.8 Å². The number of aryl methyl sites for hydroxylation is 1. The van der Waals surface area contributed by atoms with Crippen LogP contribution in [0.25, 0.3) is 10.3 Å². The van der Waals surface area contributed by atoms with Gasteiger partial charge in [0, 0.05) is 31.7 Å². The van der Waals surface area contributed by atoms with Crippen LogP contribution in [-0.4, -0.2) is 52.6 Å². The smallest absolute Gasteiger partial charge is 0.319 e. The number of ether oxygens (including phenoxy) is 2. The van der Waals surface area contributed by atoms with E-state index in [9.17, 15) is 4.79 Å². The number of rotatable bonds is 8. The lowest BCUT2D eigenvalue weighted by molar-refractivity contribution is -0.120. The maximum absolute atomic E-state index is 13.2. The fraction of sp³-hybridized carbons (Fsp3) is 0.538. The molecule has 3 aliphatic rings. The van der Waals surface area contributed by atoms with Gasteiger partial charge in [-0.3, -0.25) is 4.79 Å². The molecule has 0 bridgehead atoms. The lowest BCUT2D eigenvalue weighted by Gasteiger charge is -2.22. The van der Waals surface area contributed by atoms with Gasteiger partial charge in [-0.2, -0.15) is 15.0 Å². The van der Waals surface area contributed by atoms with Gasteiger partial charge in [0.2, 0.25) is 0 Å². The monoisotopic (exact) mass is 478 g/mol. The van der Waals surface area contributed by atoms with Crippen LogP contribution in [0.3, 0.4) is 0 Å². The minimum atomic E-state index is -0.0976. The first kappa shape index (κ1) is 21.9. The Hall–Kier alpha value is -2.58. The molecule has 6 rings (SSSR count). The molecule has 2 saturated heterocycles. The van der Waals surface area contributed by atoms with Gasteiger partial charge in [0.1, 0.15) is 6.10 Å². The van der Waals surface area contributed by atoms with Gasteiger partial charge in [-0.25, -0.2) is 0 Å². The second-order valence-electron chi connectivity index (χ2n) is 9.55. The van der Waals surface area contributed by atoms with Crippen molar-refractivity contribution in [2.24, 2.45) is 0 Å². The number of benzene rings is 1. The molecular weight excluding hydrogens is 448 g/mol. The maximum Gasteiger partial charge on any atom is 0.319 e. The summed E-state index contributed by atoms with van der Waals surface area (Å²) >= 11 is 1.64. The molecule has 3 aromatic rings. The van der Waals surface area contributed by atoms with E-state index in [0.717, 1.165) is 80.2 Å². The first-order valence-corrected chi connectivity index (χ1v) is 13.3. The van der Waals surface area contributed by atoms with Crippen molar-refractivity contribution in [2.75, 3.05) is 24.7 Å². The van der Waals surface area contributed by atoms with E-state index < -0.39 is 0 Å². The molecular formula is C26H30N4O3S. The van der Waals surface area contributed by atoms with Gasteiger partial charge >= 0.3 is 6.01 Å². The molecule has 4 heterocycles. The number of hydrogen-bond donors (Lipinski definition) is 0. The zero-order chi connectivity index (χ0) is 22.9. The molecule has 8 heteroatoms. The summed E-state index contributed by atoms with van der Waals surface area (Å²) in [6.07, 6.45) is 7.38. The number of fused-ring (bicyclic) bond motifs is 1. The number of nitrogens with zero attached hydrogens (tertiary/aromatic N) is 4. The van der Waals surface area contributed by atoms with Crippen LogP contribution in [-0.2, 0) is 16.0 Å². The Kier molecular flexibility index (Phi) is 6.18. The third kappa shape index (κ3) is 4.66. The summed E-state index contributed by atoms with van der Waals surface area (Å²) in [5, 5.41) is 0.893. The van der Waals surface area contributed by atoms with E-state index in [4.69, 9.17) is 24.4 Å². The standard InChI is InChI=1S/C26H30N4O3S/c31-21(11-8-17-5-2-1-3-6-17)20-7-4-14-30(20)26-29-24-23(34-26)22(18-9-10-18)27-25(28-24)33-19-12-15-32-16-13-19/h1-3,5-6,18-20H,4,7-16H2/t20-/m1/s1. The number of carbonyl (C=O) groups excluding carboxylic acids is 1. The van der Waals surface area contributed by atoms with Crippen molar-refractivity contribution in [3.05, 3.63) is 41.6 Å². The number of ketones is 1. The first-order valence-electron chi connectivity index (χ1n) is 12.5. The number of hydrogen-bond acceptors (Lipinski definition) is 8. The molecule has 0 spiro atoms. The van der Waals surface area contributed by atoms with E-state index in [1.807, 2.05) is 18.2 Å². The molecule has 1 aliphatic carbocycles. The lowest BCUT2D eigenvalue weighted by atomic mass is 10.0. The molecule has 1 saturated carbocycles. The van der Waals surface area contributed by atoms with Gasteiger partial charge in [0.05, 0.1) is 29.6 Å². The van der Waals surface area contributed by atoms with Gasteiger partial charge in [0.15, 0.2) is 16.6 Å². The van der Waals surface area contributed by atoms with Gasteiger partial charge in [-0.05, 0) is 37.7 Å². The number of Topliss-reactive ketones (excluding diaryl/α,β-unsaturated/α-hetero) is 1. The lowest BCUT2D eigenvalue weighted by Crippen LogP contribution is -2.36. The van der Waals surface area contributed by atoms with Crippen LogP contribution in [0.4, 0.5) is 5.13 Å². The molecule has 2 aromatic heterocycles. The molecule has 0 N–H and O–H groups in total. The van der Waals surface area contributed by atoms with Gasteiger partial charge in [-0.1, -0.05) is 41.7 Å². The minimum Gasteiger partial charge on any atom is -0.460 e. The Morgan fingerprint density at radius 3 is 2.68 bits per heavy atom. The highest BCUT2D eigenvalue weighted by Gasteiger charge is 2.35. The second kappa shape index (κ2) is 9.58. The van der Waals surface area contributed by atoms with Crippen LogP contribution >= 0.6 is 11.3 Å². The van der Waals surface area contributed by atoms with Crippen LogP contribution in [0.5, 0.6) is 6.01 Å². The third-order valence-electron chi connectivity index (χ3n) is 7.03. The summed E-state index contributed by atoms with van der Waals surface area (Å²) in [6, 6.07) is 10.6. The minimum absolute atomic E-state index is 0.0976. The number of anilines is 1. The van der Waals surface area contributed by atoms with Crippen LogP contribution in [0.15, 0.2) is 30.3 Å². The second-order valence-corrected chi connectivity index (χ2v) is 10.5. The van der Waals surface area contributed by atoms with E-state index in [2.05, 4.69) is 17.0 Å². The highest BCUT2D eigenvalue weighted by Crippen LogP contribution is 2.45. The maximum atomic E-state index is 13.2. The van der Waals surface area contributed by atoms with Crippen molar-refractivity contribution in [3.8, 4) is 6.01 Å². The van der Waals surface area contributed by atoms with Crippen LogP contribution in [0.1, 0.15) is 62.1 Å². The molecule has 0 radical (unpaired) electrons. The largest absolute Gasteiger partial charge is 0.460 e. The summed E-state index contributed by atoms with van der Waals surface area (Å²) in [7, 11) is 0. The molecule has 2 aliphatic heterocycles. The highest BCUT2D eigenvalue weighted by atomic mass is 32.1. The predicted molar refractivity (Wildman–Crippen MR) is 132 cm³/mol. The Bertz CT molecular complexity index is 1160. The van der Waals surface area contributed by atoms with Gasteiger partial charge < -0.3 is 14.4 Å². The molecule has 178 valence electrons. The summed E-state index contributed by atoms with van der Waals surface area (Å²) in [5.74, 6) is 0.773. The van der Waals surface area contributed by atoms with E-state index in [1.165, 1.54) is 5.56 Å². The Morgan fingerprint density at radius 1 is 1.06 bits per heavy atom. The SMILES string of the molecule is O=C(CCc1ccccc1)[C@H]1CCCN1c1nc2nc(OC3CCOCC3)nc(C3CC3)c2s1. The Balaban J connectivity index is 1.23. The third-order valence-corrected chi connectivity index (χ3v) is 8.13. The van der Waals surface area contributed by atoms with Gasteiger partial charge in [-0.15, -0.1) is 0 Å². The van der Waals surface area contributed by atoms with Crippen molar-refractivity contribution in [1.82, 2.24) is 15.0 Å². The summed E-state index contributed by atoms with van der Waals surface area (Å²) < 4.78 is 12.6. The van der Waals surface area contributed by atoms with E-state index in [1.54, 1.807) is 11.3 Å². The van der Waals surface area contributed by atoms with Crippen molar-refractivity contribution >= 4 is 32.6 Å². The van der Waals surface area contributed by atoms with Crippen molar-refractivity contribution in [2.45, 2.75) is 69.4 Å². The van der Waals surface area contributed by atoms with Crippen molar-refractivity contribution in [3.63, 3.8) is 0 Å². The number of thiazole rings is 1. The zero-order valence-electron chi connectivity index (χ0n) is 19.3. The summed E-state index contributed by atoms with van der Waals surface area (Å²) in [4.78, 5) is 29.8. The normalized spacial score (nSPS) is 21.3. The molecule has 0 amide bonds. The summed E-state index contributed by atoms with van der Waals surface area (Å²) in [5.41, 5.74) is 2.99. The first-order chi connectivity index (χ1) is 16.7. The molecule has 34 heavy (non-hydrogen) atoms. The van der Waals surface area contributed by atoms with Crippen molar-refractivity contribution < 1.29 is 14.3 Å². The fourth-order valence-electron chi connectivity index (χ4n) is 4.97. The Morgan fingerprint density at radius 2 is 1.88 bits per heavy atom. The topological polar surface area (TPSA) is 77.4 Å². The molecule has 3 fully saturated rings. The fourth-order valence-corrected chi connectivity index (χ4v) is 6.12. The van der Waals surface area contributed by atoms with Crippen LogP contribution in [0, 0.1) is 0 Å². The quantitative estimate of drug-likeness (QED) is 0.465. The van der Waals surface area contributed by atoms with Crippen molar-refractivity contribution in [1.29, 1.82) is 0 Å². The number of carbonyl (C=O) groups is 1. The zero-order valence-corrected chi connectivity index (χ0v) is 20.1.